The van der Waals surface area contributed by atoms with Gasteiger partial charge in [-0.25, -0.2) is 4.98 Å². The second-order valence-electron chi connectivity index (χ2n) is 9.42. The highest BCUT2D eigenvalue weighted by atomic mass is 16.5. The van der Waals surface area contributed by atoms with E-state index in [1.54, 1.807) is 4.90 Å². The number of carbonyl (C=O) groups excluding carboxylic acids is 2. The molecule has 0 spiro atoms. The molecule has 34 heavy (non-hydrogen) atoms. The molecule has 0 bridgehead atoms. The minimum Gasteiger partial charge on any atom is -0.493 e. The van der Waals surface area contributed by atoms with Gasteiger partial charge in [-0.1, -0.05) is 44.2 Å². The Hall–Kier alpha value is -3.35. The Morgan fingerprint density at radius 3 is 2.68 bits per heavy atom. The Morgan fingerprint density at radius 1 is 1.15 bits per heavy atom. The summed E-state index contributed by atoms with van der Waals surface area (Å²) in [6.07, 6.45) is 2.70. The van der Waals surface area contributed by atoms with Crippen molar-refractivity contribution in [1.82, 2.24) is 20.2 Å². The number of aromatic nitrogens is 2. The molecule has 2 atom stereocenters. The van der Waals surface area contributed by atoms with Gasteiger partial charge >= 0.3 is 0 Å². The van der Waals surface area contributed by atoms with Crippen LogP contribution in [0.25, 0.3) is 11.0 Å². The highest BCUT2D eigenvalue weighted by Crippen LogP contribution is 2.24. The largest absolute Gasteiger partial charge is 0.493 e. The van der Waals surface area contributed by atoms with E-state index in [9.17, 15) is 9.59 Å². The smallest absolute Gasteiger partial charge is 0.226 e. The van der Waals surface area contributed by atoms with Crippen molar-refractivity contribution in [2.75, 3.05) is 19.7 Å². The van der Waals surface area contributed by atoms with E-state index in [0.29, 0.717) is 32.0 Å². The summed E-state index contributed by atoms with van der Waals surface area (Å²) in [6, 6.07) is 17.2. The quantitative estimate of drug-likeness (QED) is 0.491. The molecule has 1 saturated heterocycles. The van der Waals surface area contributed by atoms with Crippen LogP contribution in [0.4, 0.5) is 0 Å². The number of hydrogen-bond donors (Lipinski definition) is 2. The first-order chi connectivity index (χ1) is 16.5. The molecule has 1 fully saturated rings. The number of hydrogen-bond acceptors (Lipinski definition) is 4. The predicted molar refractivity (Wildman–Crippen MR) is 132 cm³/mol. The number of nitrogens with one attached hydrogen (secondary N) is 2. The Labute approximate surface area is 200 Å². The number of H-pyrrole nitrogens is 1. The van der Waals surface area contributed by atoms with Crippen LogP contribution in [0, 0.1) is 11.8 Å². The third-order valence-corrected chi connectivity index (χ3v) is 6.23. The molecule has 2 aromatic carbocycles. The van der Waals surface area contributed by atoms with Crippen molar-refractivity contribution < 1.29 is 14.3 Å². The summed E-state index contributed by atoms with van der Waals surface area (Å²) in [7, 11) is 0. The van der Waals surface area contributed by atoms with E-state index >= 15 is 0 Å². The van der Waals surface area contributed by atoms with Crippen LogP contribution in [0.2, 0.25) is 0 Å². The van der Waals surface area contributed by atoms with Gasteiger partial charge in [-0.2, -0.15) is 0 Å². The van der Waals surface area contributed by atoms with E-state index in [-0.39, 0.29) is 23.8 Å². The molecular formula is C27H34N4O3. The topological polar surface area (TPSA) is 87.3 Å². The molecular weight excluding hydrogens is 428 g/mol. The Kier molecular flexibility index (Phi) is 7.83. The molecule has 1 aromatic heterocycles. The number of fused-ring (bicyclic) bond motifs is 1. The molecule has 1 aliphatic heterocycles. The van der Waals surface area contributed by atoms with Crippen LogP contribution >= 0.6 is 0 Å². The number of aromatic amines is 1. The molecule has 7 heteroatoms. The van der Waals surface area contributed by atoms with Crippen LogP contribution < -0.4 is 10.1 Å². The lowest BCUT2D eigenvalue weighted by Crippen LogP contribution is -2.46. The van der Waals surface area contributed by atoms with E-state index in [0.717, 1.165) is 41.9 Å². The molecule has 0 aliphatic carbocycles. The van der Waals surface area contributed by atoms with Crippen molar-refractivity contribution in [3.63, 3.8) is 0 Å². The fraction of sp³-hybridized carbons (Fsp3) is 0.444. The second kappa shape index (κ2) is 11.2. The SMILES string of the molecule is CC(C)C[C@@H](NC(=O)[C@H]1CCCN(C(=O)CCOc2ccccc2)C1)c1nc2ccccc2[nH]1. The van der Waals surface area contributed by atoms with E-state index < -0.39 is 0 Å². The number of piperidine rings is 1. The number of nitrogens with zero attached hydrogens (tertiary/aromatic N) is 2. The maximum atomic E-state index is 13.2. The molecule has 7 nitrogen and oxygen atoms in total. The van der Waals surface area contributed by atoms with E-state index in [2.05, 4.69) is 24.1 Å². The first-order valence-electron chi connectivity index (χ1n) is 12.2. The molecule has 4 rings (SSSR count). The number of benzene rings is 2. The monoisotopic (exact) mass is 462 g/mol. The summed E-state index contributed by atoms with van der Waals surface area (Å²) < 4.78 is 5.67. The standard InChI is InChI=1S/C27H34N4O3/c1-19(2)17-24(26-28-22-12-6-7-13-23(22)29-26)30-27(33)20-9-8-15-31(18-20)25(32)14-16-34-21-10-4-3-5-11-21/h3-7,10-13,19-20,24H,8-9,14-18H2,1-2H3,(H,28,29)(H,30,33)/t20-,24+/m0/s1. The Morgan fingerprint density at radius 2 is 1.91 bits per heavy atom. The number of para-hydroxylation sites is 3. The maximum Gasteiger partial charge on any atom is 0.226 e. The molecule has 0 radical (unpaired) electrons. The van der Waals surface area contributed by atoms with Gasteiger partial charge in [0, 0.05) is 13.1 Å². The van der Waals surface area contributed by atoms with Gasteiger partial charge in [-0.3, -0.25) is 9.59 Å². The van der Waals surface area contributed by atoms with Crippen LogP contribution in [0.3, 0.4) is 0 Å². The summed E-state index contributed by atoms with van der Waals surface area (Å²) in [5, 5.41) is 3.22. The summed E-state index contributed by atoms with van der Waals surface area (Å²) in [5.41, 5.74) is 1.86. The summed E-state index contributed by atoms with van der Waals surface area (Å²) in [6.45, 7) is 5.75. The second-order valence-corrected chi connectivity index (χ2v) is 9.42. The predicted octanol–water partition coefficient (Wildman–Crippen LogP) is 4.47. The first-order valence-corrected chi connectivity index (χ1v) is 12.2. The van der Waals surface area contributed by atoms with E-state index in [1.165, 1.54) is 0 Å². The molecule has 0 saturated carbocycles. The summed E-state index contributed by atoms with van der Waals surface area (Å²) in [5.74, 6) is 1.74. The minimum absolute atomic E-state index is 0.0101. The summed E-state index contributed by atoms with van der Waals surface area (Å²) in [4.78, 5) is 35.9. The van der Waals surface area contributed by atoms with Crippen LogP contribution in [0.5, 0.6) is 5.75 Å². The van der Waals surface area contributed by atoms with Crippen molar-refractivity contribution in [3.05, 3.63) is 60.4 Å². The van der Waals surface area contributed by atoms with Crippen molar-refractivity contribution in [3.8, 4) is 5.75 Å². The van der Waals surface area contributed by atoms with Gasteiger partial charge in [0.2, 0.25) is 11.8 Å². The molecule has 3 aromatic rings. The number of imidazole rings is 1. The van der Waals surface area contributed by atoms with Crippen LogP contribution in [0.1, 0.15) is 51.4 Å². The van der Waals surface area contributed by atoms with Crippen LogP contribution in [0.15, 0.2) is 54.6 Å². The maximum absolute atomic E-state index is 13.2. The van der Waals surface area contributed by atoms with Crippen LogP contribution in [-0.2, 0) is 9.59 Å². The fourth-order valence-electron chi connectivity index (χ4n) is 4.49. The third kappa shape index (κ3) is 6.16. The van der Waals surface area contributed by atoms with E-state index in [1.807, 2.05) is 54.6 Å². The number of amides is 2. The van der Waals surface area contributed by atoms with Gasteiger partial charge in [0.1, 0.15) is 11.6 Å². The molecule has 180 valence electrons. The molecule has 2 N–H and O–H groups in total. The molecule has 1 aliphatic rings. The average Bonchev–Trinajstić information content (AvgIpc) is 3.28. The van der Waals surface area contributed by atoms with Gasteiger partial charge in [0.15, 0.2) is 0 Å². The van der Waals surface area contributed by atoms with Gasteiger partial charge < -0.3 is 19.9 Å². The Bertz CT molecular complexity index is 1060. The summed E-state index contributed by atoms with van der Waals surface area (Å²) >= 11 is 0. The average molecular weight is 463 g/mol. The number of ether oxygens (including phenoxy) is 1. The minimum atomic E-state index is -0.216. The van der Waals surface area contributed by atoms with Gasteiger partial charge in [0.25, 0.3) is 0 Å². The zero-order valence-electron chi connectivity index (χ0n) is 20.0. The van der Waals surface area contributed by atoms with Crippen molar-refractivity contribution >= 4 is 22.8 Å². The number of carbonyl (C=O) groups is 2. The number of likely N-dealkylation sites (tertiary alicyclic amines) is 1. The van der Waals surface area contributed by atoms with Crippen LogP contribution in [-0.4, -0.2) is 46.4 Å². The zero-order chi connectivity index (χ0) is 23.9. The molecule has 0 unspecified atom stereocenters. The van der Waals surface area contributed by atoms with Gasteiger partial charge in [0.05, 0.1) is 36.0 Å². The fourth-order valence-corrected chi connectivity index (χ4v) is 4.49. The van der Waals surface area contributed by atoms with Gasteiger partial charge in [-0.15, -0.1) is 0 Å². The number of rotatable bonds is 9. The highest BCUT2D eigenvalue weighted by Gasteiger charge is 2.30. The molecule has 2 heterocycles. The van der Waals surface area contributed by atoms with E-state index in [4.69, 9.17) is 9.72 Å². The van der Waals surface area contributed by atoms with Crippen molar-refractivity contribution in [1.29, 1.82) is 0 Å². The van der Waals surface area contributed by atoms with Crippen molar-refractivity contribution in [2.45, 2.75) is 45.6 Å². The highest BCUT2D eigenvalue weighted by molar-refractivity contribution is 5.82. The lowest BCUT2D eigenvalue weighted by molar-refractivity contribution is -0.136. The normalized spacial score (nSPS) is 17.0. The zero-order valence-corrected chi connectivity index (χ0v) is 20.0. The first kappa shape index (κ1) is 23.8. The van der Waals surface area contributed by atoms with Crippen molar-refractivity contribution in [2.24, 2.45) is 11.8 Å². The third-order valence-electron chi connectivity index (χ3n) is 6.23. The van der Waals surface area contributed by atoms with Gasteiger partial charge in [-0.05, 0) is 49.4 Å². The Balaban J connectivity index is 1.34. The lowest BCUT2D eigenvalue weighted by atomic mass is 9.95. The molecule has 2 amide bonds. The lowest BCUT2D eigenvalue weighted by Gasteiger charge is -2.33.